The lowest BCUT2D eigenvalue weighted by Crippen LogP contribution is -1.93. The van der Waals surface area contributed by atoms with Gasteiger partial charge in [0.05, 0.1) is 6.61 Å². The van der Waals surface area contributed by atoms with Crippen LogP contribution in [0.15, 0.2) is 12.1 Å². The van der Waals surface area contributed by atoms with Crippen molar-refractivity contribution >= 4 is 0 Å². The van der Waals surface area contributed by atoms with Gasteiger partial charge in [0, 0.05) is 0 Å². The quantitative estimate of drug-likeness (QED) is 0.731. The van der Waals surface area contributed by atoms with E-state index in [4.69, 9.17) is 4.74 Å². The van der Waals surface area contributed by atoms with E-state index in [1.807, 2.05) is 26.8 Å². The third-order valence-electron chi connectivity index (χ3n) is 1.96. The molecule has 1 N–H and O–H groups in total. The summed E-state index contributed by atoms with van der Waals surface area (Å²) in [6.45, 7) is 6.32. The summed E-state index contributed by atoms with van der Waals surface area (Å²) >= 11 is 0. The smallest absolute Gasteiger partial charge is 0.161 e. The second-order valence-corrected chi connectivity index (χ2v) is 2.79. The molecule has 0 radical (unpaired) electrons. The highest BCUT2D eigenvalue weighted by Crippen LogP contribution is 2.31. The Balaban J connectivity index is 3.08. The topological polar surface area (TPSA) is 29.5 Å². The highest BCUT2D eigenvalue weighted by atomic mass is 16.5. The number of aromatic hydroxyl groups is 1. The Bertz CT molecular complexity index is 279. The summed E-state index contributed by atoms with van der Waals surface area (Å²) in [5.74, 6) is 0.831. The highest BCUT2D eigenvalue weighted by Gasteiger charge is 2.05. The number of ether oxygens (including phenoxy) is 1. The number of hydrogen-bond donors (Lipinski definition) is 1. The van der Waals surface area contributed by atoms with Gasteiger partial charge in [0.1, 0.15) is 0 Å². The minimum Gasteiger partial charge on any atom is -0.504 e. The van der Waals surface area contributed by atoms with E-state index in [-0.39, 0.29) is 5.75 Å². The normalized spacial score (nSPS) is 9.92. The average molecular weight is 166 g/mol. The molecule has 0 aliphatic rings. The maximum Gasteiger partial charge on any atom is 0.161 e. The maximum atomic E-state index is 9.58. The fourth-order valence-corrected chi connectivity index (χ4v) is 1.05. The lowest BCUT2D eigenvalue weighted by molar-refractivity contribution is 0.317. The average Bonchev–Trinajstić information content (AvgIpc) is 2.07. The van der Waals surface area contributed by atoms with E-state index in [0.717, 1.165) is 11.1 Å². The number of phenols is 1. The van der Waals surface area contributed by atoms with Crippen LogP contribution in [0.1, 0.15) is 18.1 Å². The van der Waals surface area contributed by atoms with Crippen molar-refractivity contribution in [1.29, 1.82) is 0 Å². The minimum absolute atomic E-state index is 0.261. The summed E-state index contributed by atoms with van der Waals surface area (Å²) < 4.78 is 5.22. The maximum absolute atomic E-state index is 9.58. The van der Waals surface area contributed by atoms with Crippen LogP contribution in [-0.2, 0) is 0 Å². The van der Waals surface area contributed by atoms with Gasteiger partial charge in [0.2, 0.25) is 0 Å². The summed E-state index contributed by atoms with van der Waals surface area (Å²) in [6.07, 6.45) is 0. The first kappa shape index (κ1) is 8.91. The monoisotopic (exact) mass is 166 g/mol. The molecule has 0 heterocycles. The van der Waals surface area contributed by atoms with Crippen molar-refractivity contribution in [1.82, 2.24) is 0 Å². The molecule has 0 saturated heterocycles. The molecule has 0 fully saturated rings. The van der Waals surface area contributed by atoms with E-state index in [0.29, 0.717) is 12.4 Å². The van der Waals surface area contributed by atoms with Crippen LogP contribution in [0, 0.1) is 13.8 Å². The van der Waals surface area contributed by atoms with Crippen LogP contribution in [0.4, 0.5) is 0 Å². The van der Waals surface area contributed by atoms with Crippen molar-refractivity contribution in [3.63, 3.8) is 0 Å². The molecule has 0 aliphatic carbocycles. The Hall–Kier alpha value is -1.18. The molecule has 1 aromatic carbocycles. The fourth-order valence-electron chi connectivity index (χ4n) is 1.05. The van der Waals surface area contributed by atoms with Crippen LogP contribution < -0.4 is 4.74 Å². The Kier molecular flexibility index (Phi) is 2.58. The first-order valence-corrected chi connectivity index (χ1v) is 4.08. The van der Waals surface area contributed by atoms with E-state index < -0.39 is 0 Å². The van der Waals surface area contributed by atoms with Crippen LogP contribution in [-0.4, -0.2) is 11.7 Å². The molecule has 0 unspecified atom stereocenters. The van der Waals surface area contributed by atoms with Crippen molar-refractivity contribution in [3.8, 4) is 11.5 Å². The summed E-state index contributed by atoms with van der Waals surface area (Å²) in [5.41, 5.74) is 1.97. The van der Waals surface area contributed by atoms with Crippen LogP contribution >= 0.6 is 0 Å². The molecule has 0 saturated carbocycles. The van der Waals surface area contributed by atoms with Crippen LogP contribution in [0.3, 0.4) is 0 Å². The largest absolute Gasteiger partial charge is 0.504 e. The van der Waals surface area contributed by atoms with E-state index in [1.54, 1.807) is 6.07 Å². The van der Waals surface area contributed by atoms with Gasteiger partial charge in [-0.05, 0) is 38.0 Å². The number of hydrogen-bond acceptors (Lipinski definition) is 2. The number of benzene rings is 1. The van der Waals surface area contributed by atoms with E-state index in [1.165, 1.54) is 0 Å². The summed E-state index contributed by atoms with van der Waals surface area (Å²) in [4.78, 5) is 0. The zero-order chi connectivity index (χ0) is 9.14. The van der Waals surface area contributed by atoms with Crippen molar-refractivity contribution < 1.29 is 9.84 Å². The molecule has 0 aromatic heterocycles. The van der Waals surface area contributed by atoms with Crippen molar-refractivity contribution in [2.45, 2.75) is 20.8 Å². The molecule has 66 valence electrons. The third-order valence-corrected chi connectivity index (χ3v) is 1.96. The van der Waals surface area contributed by atoms with E-state index in [2.05, 4.69) is 0 Å². The molecule has 0 bridgehead atoms. The predicted octanol–water partition coefficient (Wildman–Crippen LogP) is 2.41. The minimum atomic E-state index is 0.261. The van der Waals surface area contributed by atoms with Gasteiger partial charge < -0.3 is 9.84 Å². The molecule has 0 aliphatic heterocycles. The van der Waals surface area contributed by atoms with Gasteiger partial charge in [-0.2, -0.15) is 0 Å². The van der Waals surface area contributed by atoms with Gasteiger partial charge in [-0.25, -0.2) is 0 Å². The zero-order valence-electron chi connectivity index (χ0n) is 7.72. The molecule has 1 rings (SSSR count). The first-order valence-electron chi connectivity index (χ1n) is 4.08. The Morgan fingerprint density at radius 3 is 2.58 bits per heavy atom. The molecule has 1 aromatic rings. The fraction of sp³-hybridized carbons (Fsp3) is 0.400. The lowest BCUT2D eigenvalue weighted by Gasteiger charge is -2.09. The van der Waals surface area contributed by atoms with Crippen molar-refractivity contribution in [3.05, 3.63) is 23.3 Å². The Morgan fingerprint density at radius 1 is 1.33 bits per heavy atom. The van der Waals surface area contributed by atoms with Crippen molar-refractivity contribution in [2.75, 3.05) is 6.61 Å². The Morgan fingerprint density at radius 2 is 2.00 bits per heavy atom. The second kappa shape index (κ2) is 3.48. The highest BCUT2D eigenvalue weighted by molar-refractivity contribution is 5.48. The van der Waals surface area contributed by atoms with Gasteiger partial charge in [-0.1, -0.05) is 6.07 Å². The van der Waals surface area contributed by atoms with Crippen LogP contribution in [0.25, 0.3) is 0 Å². The number of rotatable bonds is 2. The molecular weight excluding hydrogens is 152 g/mol. The Labute approximate surface area is 72.8 Å². The van der Waals surface area contributed by atoms with Gasteiger partial charge in [0.25, 0.3) is 0 Å². The van der Waals surface area contributed by atoms with Crippen LogP contribution in [0.2, 0.25) is 0 Å². The first-order chi connectivity index (χ1) is 5.66. The van der Waals surface area contributed by atoms with E-state index in [9.17, 15) is 5.11 Å². The molecular formula is C10H14O2. The lowest BCUT2D eigenvalue weighted by atomic mass is 10.1. The predicted molar refractivity (Wildman–Crippen MR) is 48.7 cm³/mol. The third kappa shape index (κ3) is 1.52. The molecule has 0 atom stereocenters. The van der Waals surface area contributed by atoms with Gasteiger partial charge >= 0.3 is 0 Å². The summed E-state index contributed by atoms with van der Waals surface area (Å²) in [7, 11) is 0. The summed E-state index contributed by atoms with van der Waals surface area (Å²) in [5, 5.41) is 9.58. The van der Waals surface area contributed by atoms with Gasteiger partial charge in [0.15, 0.2) is 11.5 Å². The SMILES string of the molecule is CCOc1ccc(C)c(C)c1O. The zero-order valence-corrected chi connectivity index (χ0v) is 7.72. The van der Waals surface area contributed by atoms with Crippen LogP contribution in [0.5, 0.6) is 11.5 Å². The van der Waals surface area contributed by atoms with Crippen molar-refractivity contribution in [2.24, 2.45) is 0 Å². The summed E-state index contributed by atoms with van der Waals surface area (Å²) in [6, 6.07) is 3.74. The number of phenolic OH excluding ortho intramolecular Hbond substituents is 1. The van der Waals surface area contributed by atoms with E-state index >= 15 is 0 Å². The molecule has 0 amide bonds. The molecule has 2 heteroatoms. The molecule has 0 spiro atoms. The van der Waals surface area contributed by atoms with Gasteiger partial charge in [-0.3, -0.25) is 0 Å². The molecule has 12 heavy (non-hydrogen) atoms. The van der Waals surface area contributed by atoms with Gasteiger partial charge in [-0.15, -0.1) is 0 Å². The standard InChI is InChI=1S/C10H14O2/c1-4-12-9-6-5-7(2)8(3)10(9)11/h5-6,11H,4H2,1-3H3. The second-order valence-electron chi connectivity index (χ2n) is 2.79. The number of aryl methyl sites for hydroxylation is 1. The molecule has 2 nitrogen and oxygen atoms in total.